The van der Waals surface area contributed by atoms with E-state index in [9.17, 15) is 0 Å². The maximum atomic E-state index is 5.55. The summed E-state index contributed by atoms with van der Waals surface area (Å²) in [6, 6.07) is 0.587. The van der Waals surface area contributed by atoms with Crippen LogP contribution in [0.25, 0.3) is 0 Å². The molecule has 3 heteroatoms. The lowest BCUT2D eigenvalue weighted by molar-refractivity contribution is 0.0963. The quantitative estimate of drug-likeness (QED) is 0.495. The molecular weight excluding hydrogens is 242 g/mol. The Kier molecular flexibility index (Phi) is 8.94. The molecule has 0 saturated heterocycles. The molecule has 0 amide bonds. The van der Waals surface area contributed by atoms with Gasteiger partial charge in [0.2, 0.25) is 0 Å². The van der Waals surface area contributed by atoms with Crippen LogP contribution in [0.5, 0.6) is 0 Å². The SMILES string of the molecule is CC(C)CCOCCN(C)C(C)CBr. The van der Waals surface area contributed by atoms with Crippen LogP contribution in [0.1, 0.15) is 27.2 Å². The van der Waals surface area contributed by atoms with E-state index in [1.807, 2.05) is 0 Å². The molecule has 0 aliphatic heterocycles. The van der Waals surface area contributed by atoms with Gasteiger partial charge in [-0.3, -0.25) is 0 Å². The van der Waals surface area contributed by atoms with Crippen molar-refractivity contribution < 1.29 is 4.74 Å². The highest BCUT2D eigenvalue weighted by Gasteiger charge is 2.06. The fourth-order valence-corrected chi connectivity index (χ4v) is 1.46. The van der Waals surface area contributed by atoms with E-state index in [4.69, 9.17) is 4.74 Å². The lowest BCUT2D eigenvalue weighted by Gasteiger charge is -2.22. The summed E-state index contributed by atoms with van der Waals surface area (Å²) in [5.41, 5.74) is 0. The second-order valence-electron chi connectivity index (χ2n) is 4.28. The van der Waals surface area contributed by atoms with Gasteiger partial charge in [0.1, 0.15) is 0 Å². The Balaban J connectivity index is 3.27. The first-order chi connectivity index (χ1) is 6.57. The fourth-order valence-electron chi connectivity index (χ4n) is 0.968. The molecule has 0 radical (unpaired) electrons. The summed E-state index contributed by atoms with van der Waals surface area (Å²) in [5, 5.41) is 1.02. The highest BCUT2D eigenvalue weighted by atomic mass is 79.9. The smallest absolute Gasteiger partial charge is 0.0593 e. The van der Waals surface area contributed by atoms with Crippen molar-refractivity contribution in [2.24, 2.45) is 5.92 Å². The highest BCUT2D eigenvalue weighted by molar-refractivity contribution is 9.09. The monoisotopic (exact) mass is 265 g/mol. The Labute approximate surface area is 97.1 Å². The van der Waals surface area contributed by atoms with Crippen molar-refractivity contribution in [2.75, 3.05) is 32.1 Å². The molecule has 0 N–H and O–H groups in total. The molecule has 0 rings (SSSR count). The zero-order valence-electron chi connectivity index (χ0n) is 9.92. The molecule has 0 heterocycles. The first kappa shape index (κ1) is 14.4. The Hall–Kier alpha value is 0.400. The average Bonchev–Trinajstić information content (AvgIpc) is 2.15. The largest absolute Gasteiger partial charge is 0.380 e. The normalized spacial score (nSPS) is 13.9. The molecule has 2 nitrogen and oxygen atoms in total. The summed E-state index contributed by atoms with van der Waals surface area (Å²) in [6.45, 7) is 9.42. The Bertz CT molecular complexity index is 130. The van der Waals surface area contributed by atoms with Gasteiger partial charge in [0.25, 0.3) is 0 Å². The standard InChI is InChI=1S/C11H24BrNO/c1-10(2)5-7-14-8-6-13(4)11(3)9-12/h10-11H,5-9H2,1-4H3. The van der Waals surface area contributed by atoms with Gasteiger partial charge in [-0.05, 0) is 26.3 Å². The maximum Gasteiger partial charge on any atom is 0.0593 e. The van der Waals surface area contributed by atoms with Crippen LogP contribution < -0.4 is 0 Å². The van der Waals surface area contributed by atoms with Gasteiger partial charge < -0.3 is 9.64 Å². The lowest BCUT2D eigenvalue weighted by Crippen LogP contribution is -2.33. The van der Waals surface area contributed by atoms with Gasteiger partial charge in [-0.2, -0.15) is 0 Å². The van der Waals surface area contributed by atoms with Crippen molar-refractivity contribution in [2.45, 2.75) is 33.2 Å². The molecule has 1 atom stereocenters. The van der Waals surface area contributed by atoms with Gasteiger partial charge in [-0.25, -0.2) is 0 Å². The molecule has 0 bridgehead atoms. The topological polar surface area (TPSA) is 12.5 Å². The number of hydrogen-bond donors (Lipinski definition) is 0. The molecule has 0 aromatic carbocycles. The molecule has 0 aromatic heterocycles. The van der Waals surface area contributed by atoms with Crippen LogP contribution in [0.3, 0.4) is 0 Å². The molecule has 86 valence electrons. The number of hydrogen-bond acceptors (Lipinski definition) is 2. The van der Waals surface area contributed by atoms with Gasteiger partial charge >= 0.3 is 0 Å². The third kappa shape index (κ3) is 7.77. The minimum Gasteiger partial charge on any atom is -0.380 e. The van der Waals surface area contributed by atoms with Crippen molar-refractivity contribution in [3.8, 4) is 0 Å². The molecule has 0 fully saturated rings. The lowest BCUT2D eigenvalue weighted by atomic mass is 10.1. The number of likely N-dealkylation sites (N-methyl/N-ethyl adjacent to an activating group) is 1. The van der Waals surface area contributed by atoms with Crippen molar-refractivity contribution in [3.63, 3.8) is 0 Å². The Morgan fingerprint density at radius 2 is 1.86 bits per heavy atom. The first-order valence-corrected chi connectivity index (χ1v) is 6.54. The number of rotatable bonds is 8. The van der Waals surface area contributed by atoms with E-state index in [1.165, 1.54) is 0 Å². The van der Waals surface area contributed by atoms with Crippen LogP contribution in [-0.4, -0.2) is 43.1 Å². The second kappa shape index (κ2) is 8.69. The Morgan fingerprint density at radius 1 is 1.21 bits per heavy atom. The van der Waals surface area contributed by atoms with Crippen LogP contribution in [0.2, 0.25) is 0 Å². The summed E-state index contributed by atoms with van der Waals surface area (Å²) < 4.78 is 5.55. The first-order valence-electron chi connectivity index (χ1n) is 5.41. The van der Waals surface area contributed by atoms with Gasteiger partial charge in [0.05, 0.1) is 6.61 Å². The summed E-state index contributed by atoms with van der Waals surface area (Å²) in [6.07, 6.45) is 1.16. The summed E-state index contributed by atoms with van der Waals surface area (Å²) in [7, 11) is 2.14. The van der Waals surface area contributed by atoms with Gasteiger partial charge in [-0.15, -0.1) is 0 Å². The molecule has 14 heavy (non-hydrogen) atoms. The fraction of sp³-hybridized carbons (Fsp3) is 1.00. The summed E-state index contributed by atoms with van der Waals surface area (Å²) in [4.78, 5) is 2.31. The van der Waals surface area contributed by atoms with Crippen LogP contribution in [0.4, 0.5) is 0 Å². The van der Waals surface area contributed by atoms with Crippen molar-refractivity contribution in [3.05, 3.63) is 0 Å². The predicted molar refractivity (Wildman–Crippen MR) is 66.2 cm³/mol. The predicted octanol–water partition coefficient (Wildman–Crippen LogP) is 2.76. The van der Waals surface area contributed by atoms with E-state index in [0.717, 1.165) is 37.4 Å². The van der Waals surface area contributed by atoms with Crippen LogP contribution >= 0.6 is 15.9 Å². The molecule has 0 aliphatic carbocycles. The van der Waals surface area contributed by atoms with Crippen LogP contribution in [0.15, 0.2) is 0 Å². The van der Waals surface area contributed by atoms with E-state index in [2.05, 4.69) is 48.6 Å². The van der Waals surface area contributed by atoms with Crippen molar-refractivity contribution in [1.29, 1.82) is 0 Å². The van der Waals surface area contributed by atoms with E-state index in [-0.39, 0.29) is 0 Å². The third-order valence-electron chi connectivity index (χ3n) is 2.40. The number of ether oxygens (including phenoxy) is 1. The molecule has 0 aliphatic rings. The van der Waals surface area contributed by atoms with Gasteiger partial charge in [-0.1, -0.05) is 29.8 Å². The van der Waals surface area contributed by atoms with E-state index >= 15 is 0 Å². The summed E-state index contributed by atoms with van der Waals surface area (Å²) in [5.74, 6) is 0.745. The second-order valence-corrected chi connectivity index (χ2v) is 4.93. The highest BCUT2D eigenvalue weighted by Crippen LogP contribution is 2.01. The Morgan fingerprint density at radius 3 is 2.36 bits per heavy atom. The van der Waals surface area contributed by atoms with Gasteiger partial charge in [0.15, 0.2) is 0 Å². The minimum atomic E-state index is 0.587. The van der Waals surface area contributed by atoms with Crippen LogP contribution in [-0.2, 0) is 4.74 Å². The third-order valence-corrected chi connectivity index (χ3v) is 3.34. The van der Waals surface area contributed by atoms with E-state index < -0.39 is 0 Å². The van der Waals surface area contributed by atoms with Crippen molar-refractivity contribution in [1.82, 2.24) is 4.90 Å². The number of nitrogens with zero attached hydrogens (tertiary/aromatic N) is 1. The molecule has 1 unspecified atom stereocenters. The summed E-state index contributed by atoms with van der Waals surface area (Å²) >= 11 is 3.47. The molecular formula is C11H24BrNO. The zero-order valence-corrected chi connectivity index (χ0v) is 11.5. The average molecular weight is 266 g/mol. The minimum absolute atomic E-state index is 0.587. The van der Waals surface area contributed by atoms with E-state index in [0.29, 0.717) is 6.04 Å². The van der Waals surface area contributed by atoms with Crippen LogP contribution in [0, 0.1) is 5.92 Å². The maximum absolute atomic E-state index is 5.55. The number of halogens is 1. The molecule has 0 spiro atoms. The van der Waals surface area contributed by atoms with E-state index in [1.54, 1.807) is 0 Å². The van der Waals surface area contributed by atoms with Crippen molar-refractivity contribution >= 4 is 15.9 Å². The molecule has 0 saturated carbocycles. The molecule has 0 aromatic rings. The zero-order chi connectivity index (χ0) is 11.0. The number of alkyl halides is 1. The van der Waals surface area contributed by atoms with Gasteiger partial charge in [0, 0.05) is 24.5 Å².